The molecule has 0 spiro atoms. The monoisotopic (exact) mass is 660 g/mol. The van der Waals surface area contributed by atoms with Crippen LogP contribution in [0.15, 0.2) is 9.98 Å². The van der Waals surface area contributed by atoms with Crippen molar-refractivity contribution in [1.82, 2.24) is 21.3 Å². The number of carboxylic acid groups (broad SMARTS) is 1. The Balaban J connectivity index is -0.0000000190. The molecule has 0 atom stereocenters. The number of nitrogens with one attached hydrogen (secondary N) is 4. The lowest BCUT2D eigenvalue weighted by Crippen LogP contribution is -2.28. The molecule has 44 heavy (non-hydrogen) atoms. The number of amides is 4. The highest BCUT2D eigenvalue weighted by molar-refractivity contribution is 5.73. The van der Waals surface area contributed by atoms with Gasteiger partial charge in [-0.15, -0.1) is 0 Å². The van der Waals surface area contributed by atoms with Crippen molar-refractivity contribution in [3.63, 3.8) is 0 Å². The summed E-state index contributed by atoms with van der Waals surface area (Å²) in [5.74, 6) is -0.829. The third kappa shape index (κ3) is 813. The minimum Gasteiger partial charge on any atom is -0.481 e. The summed E-state index contributed by atoms with van der Waals surface area (Å²) >= 11 is 0. The van der Waals surface area contributed by atoms with Crippen LogP contribution in [-0.4, -0.2) is 156 Å². The maximum Gasteiger partial charge on any atom is 0.406 e. The Morgan fingerprint density at radius 1 is 0.636 bits per heavy atom. The smallest absolute Gasteiger partial charge is 0.406 e. The highest BCUT2D eigenvalue weighted by atomic mass is 16.5. The molecule has 0 aliphatic carbocycles. The van der Waals surface area contributed by atoms with Crippen molar-refractivity contribution in [2.75, 3.05) is 99.0 Å². The largest absolute Gasteiger partial charge is 0.481 e. The molecular formula is C24H68N8O12. The average Bonchev–Trinajstić information content (AvgIpc) is 3.05. The Labute approximate surface area is 265 Å². The molecule has 0 bridgehead atoms. The van der Waals surface area contributed by atoms with E-state index in [1.807, 2.05) is 0 Å². The highest BCUT2D eigenvalue weighted by Crippen LogP contribution is 1.62. The van der Waals surface area contributed by atoms with Crippen LogP contribution in [0.25, 0.3) is 0 Å². The van der Waals surface area contributed by atoms with E-state index in [1.165, 1.54) is 61.4 Å². The third-order valence-corrected chi connectivity index (χ3v) is 1.38. The standard InChI is InChI=1S/C3H8N2O.C3H7NO2.C3H7NO.2C2H3NO.C2H4O2.C2H6O.2CH5N.3CH4O.2CH4/c1-4-3(6)5-2;1-4-3(5)6-2;1-3(5)4-2;2*1-3-2-4;1-2(3)4;1-3-2;5*1-2;;/h1-2H3,(H2,4,5,6);1-2H3,(H,4,5);1-2H3,(H,4,5);2*1H3;1H3,(H,3,4);1-2H3;2*2H2,1H3;3*2H,1H3;2*1H4. The summed E-state index contributed by atoms with van der Waals surface area (Å²) in [6.45, 7) is 2.56. The van der Waals surface area contributed by atoms with Crippen LogP contribution in [0.4, 0.5) is 9.59 Å². The summed E-state index contributed by atoms with van der Waals surface area (Å²) < 4.78 is 8.40. The van der Waals surface area contributed by atoms with Gasteiger partial charge in [0, 0.05) is 91.7 Å². The molecule has 0 aliphatic heterocycles. The topological polar surface area (TPSA) is 327 Å². The van der Waals surface area contributed by atoms with Gasteiger partial charge in [0.25, 0.3) is 5.97 Å². The first-order valence-corrected chi connectivity index (χ1v) is 10.7. The SMILES string of the molecule is C.C.CC(=O)O.CN.CN.CN=C=O.CN=C=O.CNC(=O)NC.CNC(=O)OC.CNC(C)=O.CO.CO.CO.COC. The zero-order chi connectivity index (χ0) is 37.4. The zero-order valence-electron chi connectivity index (χ0n) is 28.1. The van der Waals surface area contributed by atoms with Gasteiger partial charge in [-0.2, -0.15) is 0 Å². The predicted molar refractivity (Wildman–Crippen MR) is 177 cm³/mol. The summed E-state index contributed by atoms with van der Waals surface area (Å²) in [6.07, 6.45) is 2.20. The first-order valence-electron chi connectivity index (χ1n) is 10.7. The lowest BCUT2D eigenvalue weighted by atomic mass is 10.7. The molecule has 12 N–H and O–H groups in total. The lowest BCUT2D eigenvalue weighted by molar-refractivity contribution is -0.134. The number of carbonyl (C=O) groups is 4. The van der Waals surface area contributed by atoms with Gasteiger partial charge in [-0.3, -0.25) is 9.59 Å². The van der Waals surface area contributed by atoms with E-state index in [0.717, 1.165) is 28.3 Å². The van der Waals surface area contributed by atoms with Crippen molar-refractivity contribution in [1.29, 1.82) is 0 Å². The number of isocyanates is 2. The molecule has 4 amide bonds. The van der Waals surface area contributed by atoms with Gasteiger partial charge in [-0.05, 0) is 14.1 Å². The summed E-state index contributed by atoms with van der Waals surface area (Å²) in [7, 11) is 19.6. The molecule has 0 unspecified atom stereocenters. The number of aliphatic carboxylic acids is 1. The molecule has 20 heteroatoms. The van der Waals surface area contributed by atoms with Crippen LogP contribution < -0.4 is 32.7 Å². The van der Waals surface area contributed by atoms with Crippen LogP contribution in [0.2, 0.25) is 0 Å². The number of methoxy groups -OCH3 is 2. The van der Waals surface area contributed by atoms with Crippen LogP contribution in [0.1, 0.15) is 28.7 Å². The van der Waals surface area contributed by atoms with Crippen molar-refractivity contribution < 1.29 is 58.7 Å². The quantitative estimate of drug-likeness (QED) is 0.107. The lowest BCUT2D eigenvalue weighted by Gasteiger charge is -1.91. The Morgan fingerprint density at radius 3 is 0.795 bits per heavy atom. The third-order valence-electron chi connectivity index (χ3n) is 1.38. The van der Waals surface area contributed by atoms with Gasteiger partial charge in [0.2, 0.25) is 18.1 Å². The van der Waals surface area contributed by atoms with Crippen LogP contribution in [0, 0.1) is 0 Å². The molecule has 0 aromatic rings. The number of hydrogen-bond donors (Lipinski definition) is 10. The fraction of sp³-hybridized carbons (Fsp3) is 0.750. The number of hydrogen-bond acceptors (Lipinski definition) is 15. The number of aliphatic hydroxyl groups excluding tert-OH is 3. The maximum absolute atomic E-state index is 9.96. The van der Waals surface area contributed by atoms with E-state index in [1.54, 1.807) is 35.4 Å². The Morgan fingerprint density at radius 2 is 0.795 bits per heavy atom. The van der Waals surface area contributed by atoms with Crippen molar-refractivity contribution in [2.45, 2.75) is 28.7 Å². The summed E-state index contributed by atoms with van der Waals surface area (Å²) in [4.78, 5) is 62.1. The summed E-state index contributed by atoms with van der Waals surface area (Å²) in [5.41, 5.74) is 9.00. The van der Waals surface area contributed by atoms with Gasteiger partial charge in [-0.25, -0.2) is 29.2 Å². The molecule has 0 radical (unpaired) electrons. The molecular weight excluding hydrogens is 592 g/mol. The van der Waals surface area contributed by atoms with Gasteiger partial charge in [0.15, 0.2) is 0 Å². The highest BCUT2D eigenvalue weighted by Gasteiger charge is 1.85. The van der Waals surface area contributed by atoms with Gasteiger partial charge >= 0.3 is 12.1 Å². The van der Waals surface area contributed by atoms with Gasteiger partial charge in [0.05, 0.1) is 7.11 Å². The molecule has 0 fully saturated rings. The first kappa shape index (κ1) is 90.0. The number of aliphatic imine (C=N–C) groups is 2. The van der Waals surface area contributed by atoms with Crippen molar-refractivity contribution in [2.24, 2.45) is 21.5 Å². The number of nitrogens with zero attached hydrogens (tertiary/aromatic N) is 2. The minimum absolute atomic E-state index is 0. The number of alkyl carbamates (subject to hydrolysis) is 1. The molecule has 0 rings (SSSR count). The maximum atomic E-state index is 9.96. The molecule has 0 aliphatic rings. The van der Waals surface area contributed by atoms with Crippen LogP contribution in [-0.2, 0) is 28.7 Å². The van der Waals surface area contributed by atoms with E-state index in [0.29, 0.717) is 0 Å². The van der Waals surface area contributed by atoms with Gasteiger partial charge < -0.3 is 62.6 Å². The number of carboxylic acids is 1. The Bertz CT molecular complexity index is 487. The molecule has 0 aromatic heterocycles. The second-order valence-corrected chi connectivity index (χ2v) is 3.93. The van der Waals surface area contributed by atoms with Gasteiger partial charge in [-0.1, -0.05) is 14.9 Å². The normalized spacial score (nSPS) is 5.11. The Hall–Kier alpha value is -4.00. The predicted octanol–water partition coefficient (Wildman–Crippen LogP) is -1.23. The molecule has 276 valence electrons. The molecule has 20 nitrogen and oxygen atoms in total. The van der Waals surface area contributed by atoms with Crippen LogP contribution in [0.5, 0.6) is 0 Å². The van der Waals surface area contributed by atoms with E-state index in [4.69, 9.17) is 34.8 Å². The zero-order valence-corrected chi connectivity index (χ0v) is 28.1. The number of urea groups is 1. The molecule has 0 heterocycles. The minimum atomic E-state index is -0.833. The van der Waals surface area contributed by atoms with Crippen LogP contribution in [0.3, 0.4) is 0 Å². The number of aliphatic hydroxyl groups is 3. The number of ether oxygens (including phenoxy) is 2. The second-order valence-electron chi connectivity index (χ2n) is 3.93. The molecule has 0 saturated carbocycles. The van der Waals surface area contributed by atoms with Crippen molar-refractivity contribution in [3.8, 4) is 0 Å². The average molecular weight is 661 g/mol. The number of nitrogens with two attached hydrogens (primary N) is 2. The Kier molecular flexibility index (Phi) is 356. The fourth-order valence-corrected chi connectivity index (χ4v) is 0.227. The molecule has 0 aromatic carbocycles. The second kappa shape index (κ2) is 174. The molecule has 0 saturated heterocycles. The van der Waals surface area contributed by atoms with E-state index >= 15 is 0 Å². The summed E-state index contributed by atoms with van der Waals surface area (Å²) in [5, 5.41) is 37.8. The van der Waals surface area contributed by atoms with E-state index in [9.17, 15) is 14.4 Å². The number of carbonyl (C=O) groups excluding carboxylic acids is 5. The van der Waals surface area contributed by atoms with E-state index in [2.05, 4.69) is 52.2 Å². The summed E-state index contributed by atoms with van der Waals surface area (Å²) in [6, 6.07) is -0.157. The fourth-order valence-electron chi connectivity index (χ4n) is 0.227. The van der Waals surface area contributed by atoms with Crippen molar-refractivity contribution >= 4 is 36.2 Å². The van der Waals surface area contributed by atoms with E-state index in [-0.39, 0.29) is 26.8 Å². The number of rotatable bonds is 0. The van der Waals surface area contributed by atoms with Gasteiger partial charge in [0.1, 0.15) is 0 Å². The van der Waals surface area contributed by atoms with E-state index < -0.39 is 12.1 Å². The van der Waals surface area contributed by atoms with Crippen LogP contribution >= 0.6 is 0 Å². The first-order chi connectivity index (χ1) is 19.9. The van der Waals surface area contributed by atoms with Crippen molar-refractivity contribution in [3.05, 3.63) is 0 Å².